The van der Waals surface area contributed by atoms with Crippen LogP contribution < -0.4 is 4.74 Å². The highest BCUT2D eigenvalue weighted by atomic mass is 32.2. The zero-order chi connectivity index (χ0) is 20.3. The molecule has 1 aliphatic heterocycles. The number of amides is 1. The molecule has 5 nitrogen and oxygen atoms in total. The Morgan fingerprint density at radius 2 is 1.96 bits per heavy atom. The maximum atomic E-state index is 13.1. The van der Waals surface area contributed by atoms with Gasteiger partial charge in [-0.1, -0.05) is 36.8 Å². The van der Waals surface area contributed by atoms with Crippen LogP contribution in [0.2, 0.25) is 0 Å². The Bertz CT molecular complexity index is 935. The molecule has 1 saturated heterocycles. The number of para-hydroxylation sites is 1. The van der Waals surface area contributed by atoms with E-state index < -0.39 is 0 Å². The molecular formula is C22H24N2O3S. The van der Waals surface area contributed by atoms with Crippen LogP contribution in [-0.2, 0) is 4.79 Å². The van der Waals surface area contributed by atoms with E-state index >= 15 is 0 Å². The standard InChI is InChI=1S/C22H24N2O3S/c1-5-15(3)24-21(26)19(13-16-7-6-8-18(27-4)20(16)25)28-22(24)23-17-11-9-14(2)10-12-17/h6-13,15,25H,5H2,1-4H3/b19-13+,23-22?/t15-/m1/s1. The Morgan fingerprint density at radius 3 is 2.61 bits per heavy atom. The van der Waals surface area contributed by atoms with Crippen molar-refractivity contribution in [1.29, 1.82) is 0 Å². The van der Waals surface area contributed by atoms with Crippen LogP contribution in [0, 0.1) is 6.92 Å². The summed E-state index contributed by atoms with van der Waals surface area (Å²) in [6.45, 7) is 6.08. The van der Waals surface area contributed by atoms with Crippen LogP contribution in [0.4, 0.5) is 5.69 Å². The van der Waals surface area contributed by atoms with Gasteiger partial charge in [0.05, 0.1) is 17.7 Å². The first-order valence-electron chi connectivity index (χ1n) is 9.19. The minimum absolute atomic E-state index is 0.0184. The minimum atomic E-state index is -0.104. The molecule has 28 heavy (non-hydrogen) atoms. The maximum Gasteiger partial charge on any atom is 0.267 e. The van der Waals surface area contributed by atoms with E-state index in [1.807, 2.05) is 45.0 Å². The van der Waals surface area contributed by atoms with Gasteiger partial charge in [0.15, 0.2) is 16.7 Å². The lowest BCUT2D eigenvalue weighted by Gasteiger charge is -2.22. The number of hydrogen-bond acceptors (Lipinski definition) is 5. The molecule has 1 amide bonds. The normalized spacial score (nSPS) is 18.1. The molecule has 0 saturated carbocycles. The Hall–Kier alpha value is -2.73. The third-order valence-electron chi connectivity index (χ3n) is 4.66. The van der Waals surface area contributed by atoms with E-state index in [-0.39, 0.29) is 17.7 Å². The lowest BCUT2D eigenvalue weighted by atomic mass is 10.1. The average Bonchev–Trinajstić information content (AvgIpc) is 2.99. The summed E-state index contributed by atoms with van der Waals surface area (Å²) in [5.41, 5.74) is 2.50. The van der Waals surface area contributed by atoms with Crippen molar-refractivity contribution in [3.8, 4) is 11.5 Å². The number of aliphatic imine (C=N–C) groups is 1. The van der Waals surface area contributed by atoms with Crippen molar-refractivity contribution in [3.05, 3.63) is 58.5 Å². The number of carbonyl (C=O) groups excluding carboxylic acids is 1. The predicted octanol–water partition coefficient (Wildman–Crippen LogP) is 5.11. The van der Waals surface area contributed by atoms with Crippen LogP contribution >= 0.6 is 11.8 Å². The Morgan fingerprint density at radius 1 is 1.25 bits per heavy atom. The number of aryl methyl sites for hydroxylation is 1. The summed E-state index contributed by atoms with van der Waals surface area (Å²) in [6, 6.07) is 13.1. The van der Waals surface area contributed by atoms with Crippen molar-refractivity contribution in [2.45, 2.75) is 33.2 Å². The van der Waals surface area contributed by atoms with Crippen molar-refractivity contribution < 1.29 is 14.6 Å². The Labute approximate surface area is 169 Å². The van der Waals surface area contributed by atoms with Gasteiger partial charge in [0.1, 0.15) is 0 Å². The van der Waals surface area contributed by atoms with Gasteiger partial charge in [0.2, 0.25) is 0 Å². The van der Waals surface area contributed by atoms with Gasteiger partial charge in [-0.15, -0.1) is 0 Å². The van der Waals surface area contributed by atoms with E-state index in [1.165, 1.54) is 18.9 Å². The van der Waals surface area contributed by atoms with Crippen LogP contribution in [0.15, 0.2) is 52.4 Å². The smallest absolute Gasteiger partial charge is 0.267 e. The third-order valence-corrected chi connectivity index (χ3v) is 5.65. The number of benzene rings is 2. The summed E-state index contributed by atoms with van der Waals surface area (Å²) >= 11 is 1.32. The molecule has 1 fully saturated rings. The van der Waals surface area contributed by atoms with E-state index in [1.54, 1.807) is 29.2 Å². The highest BCUT2D eigenvalue weighted by Gasteiger charge is 2.36. The van der Waals surface area contributed by atoms with Crippen molar-refractivity contribution in [2.24, 2.45) is 4.99 Å². The SMILES string of the molecule is CC[C@@H](C)N1C(=O)/C(=C\c2cccc(OC)c2O)SC1=Nc1ccc(C)cc1. The van der Waals surface area contributed by atoms with Crippen LogP contribution in [0.1, 0.15) is 31.4 Å². The largest absolute Gasteiger partial charge is 0.504 e. The molecule has 2 aromatic carbocycles. The summed E-state index contributed by atoms with van der Waals surface area (Å²) < 4.78 is 5.16. The van der Waals surface area contributed by atoms with E-state index in [9.17, 15) is 9.90 Å². The molecule has 0 radical (unpaired) electrons. The third kappa shape index (κ3) is 4.07. The van der Waals surface area contributed by atoms with Gasteiger partial charge >= 0.3 is 0 Å². The number of phenolic OH excluding ortho intramolecular Hbond substituents is 1. The van der Waals surface area contributed by atoms with Gasteiger partial charge in [-0.3, -0.25) is 9.69 Å². The molecule has 0 unspecified atom stereocenters. The molecule has 2 aromatic rings. The number of methoxy groups -OCH3 is 1. The zero-order valence-corrected chi connectivity index (χ0v) is 17.3. The summed E-state index contributed by atoms with van der Waals surface area (Å²) in [4.78, 5) is 20.0. The molecule has 0 aliphatic carbocycles. The maximum absolute atomic E-state index is 13.1. The zero-order valence-electron chi connectivity index (χ0n) is 16.5. The number of amidine groups is 1. The van der Waals surface area contributed by atoms with Gasteiger partial charge in [-0.2, -0.15) is 0 Å². The van der Waals surface area contributed by atoms with Crippen molar-refractivity contribution >= 4 is 34.6 Å². The number of ether oxygens (including phenoxy) is 1. The second-order valence-electron chi connectivity index (χ2n) is 6.67. The number of carbonyl (C=O) groups is 1. The summed E-state index contributed by atoms with van der Waals surface area (Å²) in [5, 5.41) is 11.0. The molecule has 0 aromatic heterocycles. The van der Waals surface area contributed by atoms with Gasteiger partial charge in [0, 0.05) is 11.6 Å². The fourth-order valence-electron chi connectivity index (χ4n) is 2.83. The number of thioether (sulfide) groups is 1. The number of hydrogen-bond donors (Lipinski definition) is 1. The first kappa shape index (κ1) is 20.0. The fourth-order valence-corrected chi connectivity index (χ4v) is 3.91. The van der Waals surface area contributed by atoms with E-state index in [0.717, 1.165) is 17.7 Å². The van der Waals surface area contributed by atoms with Crippen LogP contribution in [0.3, 0.4) is 0 Å². The topological polar surface area (TPSA) is 62.1 Å². The van der Waals surface area contributed by atoms with Crippen molar-refractivity contribution in [1.82, 2.24) is 4.90 Å². The average molecular weight is 397 g/mol. The van der Waals surface area contributed by atoms with Gasteiger partial charge in [0.25, 0.3) is 5.91 Å². The van der Waals surface area contributed by atoms with Gasteiger partial charge < -0.3 is 9.84 Å². The van der Waals surface area contributed by atoms with E-state index in [2.05, 4.69) is 0 Å². The van der Waals surface area contributed by atoms with Gasteiger partial charge in [-0.25, -0.2) is 4.99 Å². The number of phenols is 1. The van der Waals surface area contributed by atoms with Crippen LogP contribution in [0.5, 0.6) is 11.5 Å². The first-order chi connectivity index (χ1) is 13.4. The monoisotopic (exact) mass is 396 g/mol. The molecule has 0 bridgehead atoms. The summed E-state index contributed by atoms with van der Waals surface area (Å²) in [7, 11) is 1.50. The van der Waals surface area contributed by atoms with E-state index in [0.29, 0.717) is 21.4 Å². The predicted molar refractivity (Wildman–Crippen MR) is 115 cm³/mol. The second-order valence-corrected chi connectivity index (χ2v) is 7.68. The molecule has 0 spiro atoms. The van der Waals surface area contributed by atoms with Crippen molar-refractivity contribution in [2.75, 3.05) is 7.11 Å². The van der Waals surface area contributed by atoms with E-state index in [4.69, 9.17) is 9.73 Å². The summed E-state index contributed by atoms with van der Waals surface area (Å²) in [6.07, 6.45) is 2.51. The number of nitrogens with zero attached hydrogens (tertiary/aromatic N) is 2. The Kier molecular flexibility index (Phi) is 6.09. The summed E-state index contributed by atoms with van der Waals surface area (Å²) in [5.74, 6) is 0.287. The molecule has 1 atom stereocenters. The highest BCUT2D eigenvalue weighted by Crippen LogP contribution is 2.38. The molecular weight excluding hydrogens is 372 g/mol. The highest BCUT2D eigenvalue weighted by molar-refractivity contribution is 8.18. The number of aromatic hydroxyl groups is 1. The number of rotatable bonds is 5. The molecule has 6 heteroatoms. The molecule has 1 heterocycles. The first-order valence-corrected chi connectivity index (χ1v) is 10.0. The second kappa shape index (κ2) is 8.52. The van der Waals surface area contributed by atoms with Crippen LogP contribution in [0.25, 0.3) is 6.08 Å². The molecule has 1 aliphatic rings. The molecule has 1 N–H and O–H groups in total. The fraction of sp³-hybridized carbons (Fsp3) is 0.273. The molecule has 146 valence electrons. The van der Waals surface area contributed by atoms with Crippen molar-refractivity contribution in [3.63, 3.8) is 0 Å². The Balaban J connectivity index is 2.01. The molecule has 3 rings (SSSR count). The quantitative estimate of drug-likeness (QED) is 0.713. The van der Waals surface area contributed by atoms with Gasteiger partial charge in [-0.05, 0) is 56.3 Å². The minimum Gasteiger partial charge on any atom is -0.504 e. The lowest BCUT2D eigenvalue weighted by Crippen LogP contribution is -2.36. The lowest BCUT2D eigenvalue weighted by molar-refractivity contribution is -0.123. The van der Waals surface area contributed by atoms with Crippen LogP contribution in [-0.4, -0.2) is 34.2 Å².